The molecule has 0 unspecified atom stereocenters. The standard InChI is InChI=1S/C19H26N4O2/c1-14-5-6-17(24-3)16(11-14)8-10-22-19(20-2)23-13-15-7-9-21-18(12-15)25-4/h5-7,9,11-12H,8,10,13H2,1-4H3,(H2,20,22,23). The number of aryl methyl sites for hydroxylation is 1. The van der Waals surface area contributed by atoms with Crippen LogP contribution in [0.1, 0.15) is 16.7 Å². The number of hydrogen-bond donors (Lipinski definition) is 2. The fraction of sp³-hybridized carbons (Fsp3) is 0.368. The van der Waals surface area contributed by atoms with E-state index < -0.39 is 0 Å². The minimum Gasteiger partial charge on any atom is -0.496 e. The molecule has 1 aromatic heterocycles. The molecule has 25 heavy (non-hydrogen) atoms. The molecule has 6 nitrogen and oxygen atoms in total. The molecule has 0 radical (unpaired) electrons. The number of hydrogen-bond acceptors (Lipinski definition) is 4. The third kappa shape index (κ3) is 5.67. The topological polar surface area (TPSA) is 67.8 Å². The van der Waals surface area contributed by atoms with E-state index in [2.05, 4.69) is 39.7 Å². The molecular weight excluding hydrogens is 316 g/mol. The molecular formula is C19H26N4O2. The highest BCUT2D eigenvalue weighted by molar-refractivity contribution is 5.79. The van der Waals surface area contributed by atoms with Gasteiger partial charge < -0.3 is 20.1 Å². The molecule has 6 heteroatoms. The van der Waals surface area contributed by atoms with Crippen LogP contribution in [0.5, 0.6) is 11.6 Å². The first-order valence-electron chi connectivity index (χ1n) is 8.23. The summed E-state index contributed by atoms with van der Waals surface area (Å²) in [7, 11) is 5.07. The van der Waals surface area contributed by atoms with Crippen molar-refractivity contribution in [2.75, 3.05) is 27.8 Å². The molecule has 2 N–H and O–H groups in total. The van der Waals surface area contributed by atoms with E-state index in [4.69, 9.17) is 9.47 Å². The summed E-state index contributed by atoms with van der Waals surface area (Å²) >= 11 is 0. The Morgan fingerprint density at radius 1 is 1.12 bits per heavy atom. The highest BCUT2D eigenvalue weighted by atomic mass is 16.5. The van der Waals surface area contributed by atoms with E-state index in [1.165, 1.54) is 11.1 Å². The minimum absolute atomic E-state index is 0.605. The van der Waals surface area contributed by atoms with Crippen molar-refractivity contribution >= 4 is 5.96 Å². The summed E-state index contributed by atoms with van der Waals surface area (Å²) in [5.74, 6) is 2.27. The number of aliphatic imine (C=N–C) groups is 1. The molecule has 0 saturated carbocycles. The summed E-state index contributed by atoms with van der Waals surface area (Å²) in [4.78, 5) is 8.36. The van der Waals surface area contributed by atoms with Gasteiger partial charge in [0.2, 0.25) is 5.88 Å². The second-order valence-corrected chi connectivity index (χ2v) is 5.62. The first-order valence-corrected chi connectivity index (χ1v) is 8.23. The lowest BCUT2D eigenvalue weighted by Gasteiger charge is -2.14. The monoisotopic (exact) mass is 342 g/mol. The fourth-order valence-electron chi connectivity index (χ4n) is 2.50. The first kappa shape index (κ1) is 18.6. The van der Waals surface area contributed by atoms with Crippen molar-refractivity contribution in [1.82, 2.24) is 15.6 Å². The van der Waals surface area contributed by atoms with Gasteiger partial charge in [-0.3, -0.25) is 4.99 Å². The lowest BCUT2D eigenvalue weighted by molar-refractivity contribution is 0.397. The van der Waals surface area contributed by atoms with Crippen molar-refractivity contribution in [1.29, 1.82) is 0 Å². The van der Waals surface area contributed by atoms with Crippen molar-refractivity contribution < 1.29 is 9.47 Å². The number of nitrogens with zero attached hydrogens (tertiary/aromatic N) is 2. The number of methoxy groups -OCH3 is 2. The van der Waals surface area contributed by atoms with E-state index in [0.29, 0.717) is 12.4 Å². The minimum atomic E-state index is 0.605. The van der Waals surface area contributed by atoms with Crippen molar-refractivity contribution in [3.63, 3.8) is 0 Å². The molecule has 2 aromatic rings. The molecule has 2 rings (SSSR count). The Labute approximate surface area is 149 Å². The smallest absolute Gasteiger partial charge is 0.213 e. The molecule has 0 bridgehead atoms. The van der Waals surface area contributed by atoms with E-state index >= 15 is 0 Å². The van der Waals surface area contributed by atoms with Crippen LogP contribution in [0.2, 0.25) is 0 Å². The van der Waals surface area contributed by atoms with Gasteiger partial charge in [0.1, 0.15) is 5.75 Å². The van der Waals surface area contributed by atoms with Crippen LogP contribution >= 0.6 is 0 Å². The average molecular weight is 342 g/mol. The second kappa shape index (κ2) is 9.52. The zero-order valence-corrected chi connectivity index (χ0v) is 15.3. The Bertz CT molecular complexity index is 716. The average Bonchev–Trinajstić information content (AvgIpc) is 2.64. The molecule has 134 valence electrons. The summed E-state index contributed by atoms with van der Waals surface area (Å²) in [6, 6.07) is 10.1. The van der Waals surface area contributed by atoms with E-state index in [0.717, 1.165) is 30.2 Å². The normalized spacial score (nSPS) is 11.1. The van der Waals surface area contributed by atoms with Crippen molar-refractivity contribution in [3.05, 3.63) is 53.2 Å². The van der Waals surface area contributed by atoms with Gasteiger partial charge in [-0.1, -0.05) is 17.7 Å². The fourth-order valence-corrected chi connectivity index (χ4v) is 2.50. The van der Waals surface area contributed by atoms with Crippen LogP contribution in [0.4, 0.5) is 0 Å². The molecule has 0 fully saturated rings. The quantitative estimate of drug-likeness (QED) is 0.597. The van der Waals surface area contributed by atoms with Crippen LogP contribution in [0.3, 0.4) is 0 Å². The summed E-state index contributed by atoms with van der Waals surface area (Å²) in [5, 5.41) is 6.61. The predicted molar refractivity (Wildman–Crippen MR) is 100 cm³/mol. The van der Waals surface area contributed by atoms with E-state index in [-0.39, 0.29) is 0 Å². The second-order valence-electron chi connectivity index (χ2n) is 5.62. The summed E-state index contributed by atoms with van der Waals surface area (Å²) in [5.41, 5.74) is 3.49. The Kier molecular flexibility index (Phi) is 7.07. The molecule has 1 heterocycles. The van der Waals surface area contributed by atoms with Crippen LogP contribution in [0, 0.1) is 6.92 Å². The van der Waals surface area contributed by atoms with Gasteiger partial charge in [-0.25, -0.2) is 4.98 Å². The maximum absolute atomic E-state index is 5.42. The SMILES string of the molecule is CN=C(NCCc1cc(C)ccc1OC)NCc1ccnc(OC)c1. The van der Waals surface area contributed by atoms with Crippen molar-refractivity contribution in [2.24, 2.45) is 4.99 Å². The molecule has 0 atom stereocenters. The molecule has 0 spiro atoms. The number of aromatic nitrogens is 1. The van der Waals surface area contributed by atoms with Crippen molar-refractivity contribution in [3.8, 4) is 11.6 Å². The maximum atomic E-state index is 5.42. The largest absolute Gasteiger partial charge is 0.496 e. The molecule has 0 saturated heterocycles. The predicted octanol–water partition coefficient (Wildman–Crippen LogP) is 2.31. The molecule has 0 aliphatic carbocycles. The van der Waals surface area contributed by atoms with Gasteiger partial charge in [-0.05, 0) is 36.6 Å². The van der Waals surface area contributed by atoms with Crippen LogP contribution < -0.4 is 20.1 Å². The number of pyridine rings is 1. The highest BCUT2D eigenvalue weighted by Crippen LogP contribution is 2.19. The first-order chi connectivity index (χ1) is 12.2. The van der Waals surface area contributed by atoms with Gasteiger partial charge in [-0.15, -0.1) is 0 Å². The molecule has 0 aliphatic rings. The van der Waals surface area contributed by atoms with Crippen LogP contribution in [0.15, 0.2) is 41.5 Å². The number of benzene rings is 1. The summed E-state index contributed by atoms with van der Waals surface area (Å²) in [6.07, 6.45) is 2.59. The van der Waals surface area contributed by atoms with Gasteiger partial charge in [0.05, 0.1) is 14.2 Å². The molecule has 1 aromatic carbocycles. The van der Waals surface area contributed by atoms with E-state index in [1.807, 2.05) is 18.2 Å². The van der Waals surface area contributed by atoms with Gasteiger partial charge in [0, 0.05) is 32.4 Å². The van der Waals surface area contributed by atoms with Gasteiger partial charge in [0.25, 0.3) is 0 Å². The Balaban J connectivity index is 1.85. The third-order valence-electron chi connectivity index (χ3n) is 3.81. The number of rotatable bonds is 7. The van der Waals surface area contributed by atoms with Crippen molar-refractivity contribution in [2.45, 2.75) is 19.9 Å². The summed E-state index contributed by atoms with van der Waals surface area (Å²) < 4.78 is 10.6. The number of nitrogens with one attached hydrogen (secondary N) is 2. The summed E-state index contributed by atoms with van der Waals surface area (Å²) in [6.45, 7) is 3.49. The van der Waals surface area contributed by atoms with Crippen LogP contribution in [-0.2, 0) is 13.0 Å². The Morgan fingerprint density at radius 3 is 2.68 bits per heavy atom. The number of guanidine groups is 1. The lowest BCUT2D eigenvalue weighted by Crippen LogP contribution is -2.37. The number of ether oxygens (including phenoxy) is 2. The van der Waals surface area contributed by atoms with E-state index in [1.54, 1.807) is 27.5 Å². The Hall–Kier alpha value is -2.76. The van der Waals surface area contributed by atoms with E-state index in [9.17, 15) is 0 Å². The zero-order valence-electron chi connectivity index (χ0n) is 15.3. The Morgan fingerprint density at radius 2 is 1.96 bits per heavy atom. The van der Waals surface area contributed by atoms with Crippen LogP contribution in [-0.4, -0.2) is 38.8 Å². The highest BCUT2D eigenvalue weighted by Gasteiger charge is 2.04. The van der Waals surface area contributed by atoms with Gasteiger partial charge in [-0.2, -0.15) is 0 Å². The maximum Gasteiger partial charge on any atom is 0.213 e. The molecule has 0 aliphatic heterocycles. The molecule has 0 amide bonds. The van der Waals surface area contributed by atoms with Crippen LogP contribution in [0.25, 0.3) is 0 Å². The third-order valence-corrected chi connectivity index (χ3v) is 3.81. The lowest BCUT2D eigenvalue weighted by atomic mass is 10.1. The zero-order chi connectivity index (χ0) is 18.1. The van der Waals surface area contributed by atoms with Gasteiger partial charge in [0.15, 0.2) is 5.96 Å². The van der Waals surface area contributed by atoms with Gasteiger partial charge >= 0.3 is 0 Å².